The van der Waals surface area contributed by atoms with Crippen molar-refractivity contribution in [3.05, 3.63) is 60.4 Å². The van der Waals surface area contributed by atoms with Gasteiger partial charge >= 0.3 is 0 Å². The summed E-state index contributed by atoms with van der Waals surface area (Å²) in [5, 5.41) is 4.28. The average Bonchev–Trinajstić information content (AvgIpc) is 3.45. The van der Waals surface area contributed by atoms with Crippen LogP contribution in [0.25, 0.3) is 22.6 Å². The van der Waals surface area contributed by atoms with Crippen LogP contribution in [0.2, 0.25) is 0 Å². The largest absolute Gasteiger partial charge is 0.334 e. The Hall–Kier alpha value is -2.17. The predicted molar refractivity (Wildman–Crippen MR) is 109 cm³/mol. The fraction of sp³-hybridized carbons (Fsp3) is 0.364. The fourth-order valence-electron chi connectivity index (χ4n) is 3.92. The lowest BCUT2D eigenvalue weighted by molar-refractivity contribution is 0.199. The second-order valence-electron chi connectivity index (χ2n) is 7.44. The van der Waals surface area contributed by atoms with Gasteiger partial charge in [-0.15, -0.1) is 12.4 Å². The van der Waals surface area contributed by atoms with Gasteiger partial charge in [-0.05, 0) is 62.0 Å². The average molecular weight is 382 g/mol. The Morgan fingerprint density at radius 2 is 1.41 bits per heavy atom. The molecule has 1 aliphatic carbocycles. The number of likely N-dealkylation sites (tertiary alicyclic amines) is 1. The molecular formula is C22H24ClN3O. The van der Waals surface area contributed by atoms with Gasteiger partial charge < -0.3 is 9.42 Å². The maximum Gasteiger partial charge on any atom is 0.257 e. The van der Waals surface area contributed by atoms with Crippen LogP contribution in [-0.2, 0) is 0 Å². The second kappa shape index (κ2) is 7.83. The fourth-order valence-corrected chi connectivity index (χ4v) is 3.92. The monoisotopic (exact) mass is 381 g/mol. The number of halogens is 1. The van der Waals surface area contributed by atoms with Gasteiger partial charge in [0.25, 0.3) is 5.89 Å². The highest BCUT2D eigenvalue weighted by atomic mass is 35.5. The quantitative estimate of drug-likeness (QED) is 0.625. The Balaban J connectivity index is 0.00000180. The smallest absolute Gasteiger partial charge is 0.257 e. The molecule has 0 bridgehead atoms. The molecule has 27 heavy (non-hydrogen) atoms. The molecule has 2 aromatic carbocycles. The highest BCUT2D eigenvalue weighted by molar-refractivity contribution is 5.85. The van der Waals surface area contributed by atoms with E-state index in [1.165, 1.54) is 37.1 Å². The summed E-state index contributed by atoms with van der Waals surface area (Å²) in [5.41, 5.74) is 3.40. The minimum absolute atomic E-state index is 0. The summed E-state index contributed by atoms with van der Waals surface area (Å²) in [6.45, 7) is 2.34. The van der Waals surface area contributed by atoms with Crippen LogP contribution in [0.3, 0.4) is 0 Å². The lowest BCUT2D eigenvalue weighted by atomic mass is 9.96. The molecule has 1 saturated heterocycles. The minimum atomic E-state index is 0. The van der Waals surface area contributed by atoms with Crippen molar-refractivity contribution < 1.29 is 4.52 Å². The summed E-state index contributed by atoms with van der Waals surface area (Å²) in [6.07, 6.45) is 5.05. The number of hydrogen-bond acceptors (Lipinski definition) is 4. The number of hydrogen-bond donors (Lipinski definition) is 0. The highest BCUT2D eigenvalue weighted by Gasteiger charge is 2.33. The second-order valence-corrected chi connectivity index (χ2v) is 7.44. The Morgan fingerprint density at radius 3 is 2.07 bits per heavy atom. The Morgan fingerprint density at radius 1 is 0.778 bits per heavy atom. The van der Waals surface area contributed by atoms with Gasteiger partial charge in [-0.3, -0.25) is 0 Å². The van der Waals surface area contributed by atoms with E-state index in [2.05, 4.69) is 58.6 Å². The molecule has 4 nitrogen and oxygen atoms in total. The number of aromatic nitrogens is 2. The molecule has 0 atom stereocenters. The molecule has 2 aliphatic rings. The van der Waals surface area contributed by atoms with E-state index < -0.39 is 0 Å². The van der Waals surface area contributed by atoms with E-state index in [1.807, 2.05) is 6.07 Å². The first-order valence-electron chi connectivity index (χ1n) is 9.60. The van der Waals surface area contributed by atoms with Crippen LogP contribution in [0, 0.1) is 0 Å². The summed E-state index contributed by atoms with van der Waals surface area (Å²) in [6, 6.07) is 19.6. The molecule has 3 aromatic rings. The van der Waals surface area contributed by atoms with E-state index in [9.17, 15) is 0 Å². The molecule has 2 fully saturated rings. The Labute approximate surface area is 166 Å². The zero-order valence-electron chi connectivity index (χ0n) is 15.3. The number of nitrogens with zero attached hydrogens (tertiary/aromatic N) is 3. The zero-order chi connectivity index (χ0) is 17.3. The number of benzene rings is 2. The van der Waals surface area contributed by atoms with Crippen LogP contribution in [0.15, 0.2) is 59.1 Å². The molecule has 0 N–H and O–H groups in total. The molecular weight excluding hydrogens is 358 g/mol. The first kappa shape index (κ1) is 18.2. The summed E-state index contributed by atoms with van der Waals surface area (Å²) in [5.74, 6) is 1.94. The third-order valence-electron chi connectivity index (χ3n) is 5.64. The molecule has 5 rings (SSSR count). The molecule has 0 unspecified atom stereocenters. The van der Waals surface area contributed by atoms with E-state index in [4.69, 9.17) is 9.51 Å². The van der Waals surface area contributed by atoms with Crippen LogP contribution < -0.4 is 0 Å². The first-order chi connectivity index (χ1) is 12.9. The van der Waals surface area contributed by atoms with E-state index in [-0.39, 0.29) is 12.4 Å². The Bertz CT molecular complexity index is 866. The van der Waals surface area contributed by atoms with Crippen molar-refractivity contribution in [1.82, 2.24) is 15.0 Å². The van der Waals surface area contributed by atoms with Crippen molar-refractivity contribution in [2.24, 2.45) is 0 Å². The third-order valence-corrected chi connectivity index (χ3v) is 5.64. The van der Waals surface area contributed by atoms with Crippen LogP contribution in [-0.4, -0.2) is 34.2 Å². The van der Waals surface area contributed by atoms with Crippen LogP contribution in [0.5, 0.6) is 0 Å². The molecule has 2 heterocycles. The summed E-state index contributed by atoms with van der Waals surface area (Å²) < 4.78 is 5.56. The summed E-state index contributed by atoms with van der Waals surface area (Å²) >= 11 is 0. The maximum atomic E-state index is 5.56. The van der Waals surface area contributed by atoms with Crippen molar-refractivity contribution in [2.75, 3.05) is 13.1 Å². The SMILES string of the molecule is Cl.c1ccc(-c2ccc(-c3nc(C4CCN(C5CC5)CC4)no3)cc2)cc1. The lowest BCUT2D eigenvalue weighted by Gasteiger charge is -2.30. The lowest BCUT2D eigenvalue weighted by Crippen LogP contribution is -2.34. The van der Waals surface area contributed by atoms with E-state index >= 15 is 0 Å². The van der Waals surface area contributed by atoms with Crippen molar-refractivity contribution in [2.45, 2.75) is 37.6 Å². The molecule has 1 saturated carbocycles. The van der Waals surface area contributed by atoms with Gasteiger partial charge in [0.15, 0.2) is 5.82 Å². The molecule has 1 aromatic heterocycles. The van der Waals surface area contributed by atoms with E-state index in [0.717, 1.165) is 30.3 Å². The minimum Gasteiger partial charge on any atom is -0.334 e. The molecule has 0 amide bonds. The zero-order valence-corrected chi connectivity index (χ0v) is 16.1. The number of rotatable bonds is 4. The van der Waals surface area contributed by atoms with Crippen LogP contribution in [0.4, 0.5) is 0 Å². The van der Waals surface area contributed by atoms with Gasteiger partial charge in [0, 0.05) is 17.5 Å². The van der Waals surface area contributed by atoms with Crippen LogP contribution in [0.1, 0.15) is 37.4 Å². The van der Waals surface area contributed by atoms with Gasteiger partial charge in [0.05, 0.1) is 0 Å². The summed E-state index contributed by atoms with van der Waals surface area (Å²) in [4.78, 5) is 7.32. The van der Waals surface area contributed by atoms with Crippen LogP contribution >= 0.6 is 12.4 Å². The van der Waals surface area contributed by atoms with Crippen molar-refractivity contribution in [3.8, 4) is 22.6 Å². The maximum absolute atomic E-state index is 5.56. The topological polar surface area (TPSA) is 42.2 Å². The third kappa shape index (κ3) is 3.92. The van der Waals surface area contributed by atoms with E-state index in [0.29, 0.717) is 11.8 Å². The molecule has 5 heteroatoms. The number of piperidine rings is 1. The van der Waals surface area contributed by atoms with Gasteiger partial charge in [-0.2, -0.15) is 4.98 Å². The Kier molecular flexibility index (Phi) is 5.28. The first-order valence-corrected chi connectivity index (χ1v) is 9.60. The van der Waals surface area contributed by atoms with Crippen molar-refractivity contribution >= 4 is 12.4 Å². The van der Waals surface area contributed by atoms with Gasteiger partial charge in [0.1, 0.15) is 0 Å². The van der Waals surface area contributed by atoms with Crippen molar-refractivity contribution in [3.63, 3.8) is 0 Å². The molecule has 0 spiro atoms. The predicted octanol–water partition coefficient (Wildman–Crippen LogP) is 5.17. The summed E-state index contributed by atoms with van der Waals surface area (Å²) in [7, 11) is 0. The normalized spacial score (nSPS) is 18.2. The highest BCUT2D eigenvalue weighted by Crippen LogP contribution is 2.34. The molecule has 1 aliphatic heterocycles. The van der Waals surface area contributed by atoms with Gasteiger partial charge in [-0.1, -0.05) is 47.6 Å². The molecule has 0 radical (unpaired) electrons. The van der Waals surface area contributed by atoms with Crippen molar-refractivity contribution in [1.29, 1.82) is 0 Å². The van der Waals surface area contributed by atoms with E-state index in [1.54, 1.807) is 0 Å². The van der Waals surface area contributed by atoms with Gasteiger partial charge in [-0.25, -0.2) is 0 Å². The standard InChI is InChI=1S/C22H23N3O.ClH/c1-2-4-16(5-3-1)17-6-8-19(9-7-17)22-23-21(24-26-22)18-12-14-25(15-13-18)20-10-11-20;/h1-9,18,20H,10-15H2;1H. The van der Waals surface area contributed by atoms with Gasteiger partial charge in [0.2, 0.25) is 0 Å². The molecule has 140 valence electrons.